The molecular formula is C12H16F2N2O. The normalized spacial score (nSPS) is 12.2. The lowest BCUT2D eigenvalue weighted by molar-refractivity contribution is -0.120. The first-order chi connectivity index (χ1) is 7.99. The number of hydrogen-bond donors (Lipinski definition) is 2. The first-order valence-electron chi connectivity index (χ1n) is 5.45. The summed E-state index contributed by atoms with van der Waals surface area (Å²) in [6.45, 7) is 2.30. The van der Waals surface area contributed by atoms with Gasteiger partial charge >= 0.3 is 0 Å². The van der Waals surface area contributed by atoms with Gasteiger partial charge in [-0.2, -0.15) is 0 Å². The maximum atomic E-state index is 13.2. The topological polar surface area (TPSA) is 55.1 Å². The van der Waals surface area contributed by atoms with E-state index in [-0.39, 0.29) is 23.9 Å². The van der Waals surface area contributed by atoms with Crippen molar-refractivity contribution in [3.05, 3.63) is 35.4 Å². The molecule has 1 aromatic carbocycles. The van der Waals surface area contributed by atoms with Crippen LogP contribution in [0.3, 0.4) is 0 Å². The van der Waals surface area contributed by atoms with Gasteiger partial charge in [-0.3, -0.25) is 4.79 Å². The highest BCUT2D eigenvalue weighted by Gasteiger charge is 2.08. The molecule has 0 fully saturated rings. The second kappa shape index (κ2) is 6.30. The molecule has 1 atom stereocenters. The minimum absolute atomic E-state index is 0.0119. The Morgan fingerprint density at radius 2 is 2.18 bits per heavy atom. The van der Waals surface area contributed by atoms with Crippen molar-refractivity contribution in [2.24, 2.45) is 5.73 Å². The van der Waals surface area contributed by atoms with E-state index in [2.05, 4.69) is 5.32 Å². The molecule has 3 N–H and O–H groups in total. The second-order valence-corrected chi connectivity index (χ2v) is 4.03. The Morgan fingerprint density at radius 3 is 2.76 bits per heavy atom. The van der Waals surface area contributed by atoms with Crippen molar-refractivity contribution in [1.29, 1.82) is 0 Å². The fraction of sp³-hybridized carbons (Fsp3) is 0.417. The standard InChI is InChI=1S/C12H16F2N2O/c1-8(15)4-5-16-12(17)6-9-2-3-10(13)7-11(9)14/h2-3,7-8H,4-6,15H2,1H3,(H,16,17). The van der Waals surface area contributed by atoms with Crippen LogP contribution in [0.1, 0.15) is 18.9 Å². The SMILES string of the molecule is CC(N)CCNC(=O)Cc1ccc(F)cc1F. The summed E-state index contributed by atoms with van der Waals surface area (Å²) in [6, 6.07) is 3.19. The molecule has 0 aromatic heterocycles. The fourth-order valence-electron chi connectivity index (χ4n) is 1.34. The van der Waals surface area contributed by atoms with Gasteiger partial charge in [-0.15, -0.1) is 0 Å². The number of amides is 1. The smallest absolute Gasteiger partial charge is 0.224 e. The number of carbonyl (C=O) groups is 1. The number of benzene rings is 1. The van der Waals surface area contributed by atoms with E-state index < -0.39 is 11.6 Å². The number of nitrogens with two attached hydrogens (primary N) is 1. The minimum atomic E-state index is -0.702. The maximum Gasteiger partial charge on any atom is 0.224 e. The molecule has 0 saturated heterocycles. The molecule has 0 aliphatic carbocycles. The minimum Gasteiger partial charge on any atom is -0.356 e. The summed E-state index contributed by atoms with van der Waals surface area (Å²) in [5, 5.41) is 2.62. The van der Waals surface area contributed by atoms with Crippen LogP contribution < -0.4 is 11.1 Å². The molecule has 1 amide bonds. The molecule has 5 heteroatoms. The summed E-state index contributed by atoms with van der Waals surface area (Å²) in [6.07, 6.45) is 0.572. The fourth-order valence-corrected chi connectivity index (χ4v) is 1.34. The third-order valence-corrected chi connectivity index (χ3v) is 2.29. The summed E-state index contributed by atoms with van der Waals surface area (Å²) in [7, 11) is 0. The summed E-state index contributed by atoms with van der Waals surface area (Å²) in [5.74, 6) is -1.65. The molecule has 0 radical (unpaired) electrons. The van der Waals surface area contributed by atoms with Crippen LogP contribution in [0.15, 0.2) is 18.2 Å². The zero-order valence-corrected chi connectivity index (χ0v) is 9.67. The molecule has 0 bridgehead atoms. The van der Waals surface area contributed by atoms with Gasteiger partial charge in [0.15, 0.2) is 0 Å². The van der Waals surface area contributed by atoms with Crippen molar-refractivity contribution in [3.63, 3.8) is 0 Å². The molecule has 1 aromatic rings. The van der Waals surface area contributed by atoms with E-state index >= 15 is 0 Å². The zero-order valence-electron chi connectivity index (χ0n) is 9.67. The number of carbonyl (C=O) groups excluding carboxylic acids is 1. The average Bonchev–Trinajstić information content (AvgIpc) is 2.21. The summed E-state index contributed by atoms with van der Waals surface area (Å²) >= 11 is 0. The second-order valence-electron chi connectivity index (χ2n) is 4.03. The van der Waals surface area contributed by atoms with Gasteiger partial charge in [0.2, 0.25) is 5.91 Å². The maximum absolute atomic E-state index is 13.2. The van der Waals surface area contributed by atoms with Gasteiger partial charge in [0.05, 0.1) is 6.42 Å². The molecule has 94 valence electrons. The lowest BCUT2D eigenvalue weighted by Gasteiger charge is -2.07. The van der Waals surface area contributed by atoms with E-state index in [1.54, 1.807) is 0 Å². The van der Waals surface area contributed by atoms with Crippen LogP contribution in [0.5, 0.6) is 0 Å². The van der Waals surface area contributed by atoms with Crippen molar-refractivity contribution in [1.82, 2.24) is 5.32 Å². The average molecular weight is 242 g/mol. The molecule has 0 heterocycles. The van der Waals surface area contributed by atoms with E-state index in [1.165, 1.54) is 6.07 Å². The van der Waals surface area contributed by atoms with Crippen molar-refractivity contribution < 1.29 is 13.6 Å². The van der Waals surface area contributed by atoms with Crippen LogP contribution in [0.25, 0.3) is 0 Å². The van der Waals surface area contributed by atoms with Crippen molar-refractivity contribution in [2.75, 3.05) is 6.54 Å². The van der Waals surface area contributed by atoms with Crippen LogP contribution in [0, 0.1) is 11.6 Å². The summed E-state index contributed by atoms with van der Waals surface area (Å²) in [4.78, 5) is 11.4. The molecule has 1 rings (SSSR count). The van der Waals surface area contributed by atoms with Gasteiger partial charge in [-0.05, 0) is 25.0 Å². The highest BCUT2D eigenvalue weighted by atomic mass is 19.1. The molecule has 3 nitrogen and oxygen atoms in total. The first kappa shape index (κ1) is 13.6. The Morgan fingerprint density at radius 1 is 1.47 bits per heavy atom. The Kier molecular flexibility index (Phi) is 5.03. The Hall–Kier alpha value is -1.49. The van der Waals surface area contributed by atoms with E-state index in [1.807, 2.05) is 6.92 Å². The molecule has 0 saturated carbocycles. The summed E-state index contributed by atoms with van der Waals surface area (Å²) in [5.41, 5.74) is 5.70. The molecule has 1 unspecified atom stereocenters. The predicted octanol–water partition coefficient (Wildman–Crippen LogP) is 1.36. The van der Waals surface area contributed by atoms with Gasteiger partial charge < -0.3 is 11.1 Å². The van der Waals surface area contributed by atoms with E-state index in [4.69, 9.17) is 5.73 Å². The van der Waals surface area contributed by atoms with Crippen LogP contribution in [0.2, 0.25) is 0 Å². The van der Waals surface area contributed by atoms with Crippen LogP contribution >= 0.6 is 0 Å². The van der Waals surface area contributed by atoms with E-state index in [9.17, 15) is 13.6 Å². The van der Waals surface area contributed by atoms with Crippen LogP contribution in [-0.2, 0) is 11.2 Å². The quantitative estimate of drug-likeness (QED) is 0.819. The van der Waals surface area contributed by atoms with Gasteiger partial charge in [-0.25, -0.2) is 8.78 Å². The monoisotopic (exact) mass is 242 g/mol. The Labute approximate surface area is 99.0 Å². The molecule has 17 heavy (non-hydrogen) atoms. The number of hydrogen-bond acceptors (Lipinski definition) is 2. The van der Waals surface area contributed by atoms with Crippen LogP contribution in [0.4, 0.5) is 8.78 Å². The van der Waals surface area contributed by atoms with Crippen LogP contribution in [-0.4, -0.2) is 18.5 Å². The lowest BCUT2D eigenvalue weighted by Crippen LogP contribution is -2.30. The lowest BCUT2D eigenvalue weighted by atomic mass is 10.1. The molecular weight excluding hydrogens is 226 g/mol. The predicted molar refractivity (Wildman–Crippen MR) is 61.3 cm³/mol. The zero-order chi connectivity index (χ0) is 12.8. The highest BCUT2D eigenvalue weighted by Crippen LogP contribution is 2.09. The van der Waals surface area contributed by atoms with Gasteiger partial charge in [0.25, 0.3) is 0 Å². The third-order valence-electron chi connectivity index (χ3n) is 2.29. The molecule has 0 aliphatic rings. The van der Waals surface area contributed by atoms with E-state index in [0.29, 0.717) is 13.0 Å². The largest absolute Gasteiger partial charge is 0.356 e. The van der Waals surface area contributed by atoms with E-state index in [0.717, 1.165) is 12.1 Å². The third kappa shape index (κ3) is 4.91. The van der Waals surface area contributed by atoms with Crippen molar-refractivity contribution in [2.45, 2.75) is 25.8 Å². The Bertz CT molecular complexity index is 394. The number of rotatable bonds is 5. The van der Waals surface area contributed by atoms with Crippen molar-refractivity contribution >= 4 is 5.91 Å². The Balaban J connectivity index is 2.45. The van der Waals surface area contributed by atoms with Gasteiger partial charge in [0, 0.05) is 18.7 Å². The van der Waals surface area contributed by atoms with Crippen molar-refractivity contribution in [3.8, 4) is 0 Å². The van der Waals surface area contributed by atoms with Gasteiger partial charge in [0.1, 0.15) is 11.6 Å². The number of nitrogens with one attached hydrogen (secondary N) is 1. The van der Waals surface area contributed by atoms with Gasteiger partial charge in [-0.1, -0.05) is 6.07 Å². The highest BCUT2D eigenvalue weighted by molar-refractivity contribution is 5.78. The molecule has 0 spiro atoms. The number of halogens is 2. The first-order valence-corrected chi connectivity index (χ1v) is 5.45. The molecule has 0 aliphatic heterocycles. The summed E-state index contributed by atoms with van der Waals surface area (Å²) < 4.78 is 25.8.